The molecule has 1 amide bonds. The van der Waals surface area contributed by atoms with Crippen molar-refractivity contribution in [3.63, 3.8) is 0 Å². The zero-order valence-electron chi connectivity index (χ0n) is 9.29. The molecule has 3 N–H and O–H groups in total. The molecule has 0 spiro atoms. The maximum atomic E-state index is 11.3. The molecular weight excluding hydrogens is 228 g/mol. The monoisotopic (exact) mass is 242 g/mol. The number of hydrogen-bond acceptors (Lipinski definition) is 3. The molecule has 0 saturated carbocycles. The summed E-state index contributed by atoms with van der Waals surface area (Å²) in [5.74, 6) is 0.483. The molecule has 0 aliphatic rings. The van der Waals surface area contributed by atoms with Crippen LogP contribution in [0.15, 0.2) is 18.2 Å². The number of nitrogens with two attached hydrogens (primary N) is 1. The van der Waals surface area contributed by atoms with Crippen LogP contribution in [0.3, 0.4) is 0 Å². The predicted octanol–water partition coefficient (Wildman–Crippen LogP) is 1.31. The quantitative estimate of drug-likeness (QED) is 0.837. The van der Waals surface area contributed by atoms with Gasteiger partial charge in [0.25, 0.3) is 0 Å². The number of benzene rings is 1. The molecule has 1 atom stereocenters. The lowest BCUT2D eigenvalue weighted by Crippen LogP contribution is -2.37. The van der Waals surface area contributed by atoms with Crippen LogP contribution in [-0.4, -0.2) is 19.1 Å². The summed E-state index contributed by atoms with van der Waals surface area (Å²) >= 11 is 5.86. The Labute approximate surface area is 99.7 Å². The molecule has 0 bridgehead atoms. The van der Waals surface area contributed by atoms with Gasteiger partial charge in [0, 0.05) is 17.1 Å². The van der Waals surface area contributed by atoms with E-state index in [1.807, 2.05) is 0 Å². The number of amides is 1. The molecule has 1 rings (SSSR count). The van der Waals surface area contributed by atoms with E-state index in [0.717, 1.165) is 5.56 Å². The maximum Gasteiger partial charge on any atom is 0.236 e. The minimum atomic E-state index is -0.523. The van der Waals surface area contributed by atoms with Gasteiger partial charge in [-0.2, -0.15) is 0 Å². The number of ether oxygens (including phenoxy) is 1. The highest BCUT2D eigenvalue weighted by Gasteiger charge is 2.09. The van der Waals surface area contributed by atoms with Gasteiger partial charge in [-0.15, -0.1) is 0 Å². The molecule has 88 valence electrons. The summed E-state index contributed by atoms with van der Waals surface area (Å²) in [6.45, 7) is 1.98. The van der Waals surface area contributed by atoms with Crippen molar-refractivity contribution in [1.29, 1.82) is 0 Å². The topological polar surface area (TPSA) is 64.3 Å². The van der Waals surface area contributed by atoms with Crippen LogP contribution in [0.4, 0.5) is 0 Å². The van der Waals surface area contributed by atoms with Crippen molar-refractivity contribution in [3.8, 4) is 5.75 Å². The third-order valence-corrected chi connectivity index (χ3v) is 2.34. The second-order valence-corrected chi connectivity index (χ2v) is 3.90. The first-order valence-electron chi connectivity index (χ1n) is 4.90. The summed E-state index contributed by atoms with van der Waals surface area (Å²) in [7, 11) is 1.57. The molecule has 1 aromatic rings. The van der Waals surface area contributed by atoms with Crippen molar-refractivity contribution in [3.05, 3.63) is 28.8 Å². The Kier molecular flexibility index (Phi) is 4.58. The SMILES string of the molecule is COc1ccc(Cl)cc1CNC(=O)C(C)N. The summed E-state index contributed by atoms with van der Waals surface area (Å²) in [6.07, 6.45) is 0. The Morgan fingerprint density at radius 3 is 2.88 bits per heavy atom. The molecule has 4 nitrogen and oxygen atoms in total. The number of carbonyl (C=O) groups excluding carboxylic acids is 1. The van der Waals surface area contributed by atoms with Crippen LogP contribution >= 0.6 is 11.6 Å². The molecule has 5 heteroatoms. The highest BCUT2D eigenvalue weighted by atomic mass is 35.5. The molecule has 0 fully saturated rings. The van der Waals surface area contributed by atoms with E-state index in [-0.39, 0.29) is 5.91 Å². The highest BCUT2D eigenvalue weighted by Crippen LogP contribution is 2.22. The fourth-order valence-electron chi connectivity index (χ4n) is 1.23. The number of nitrogens with one attached hydrogen (secondary N) is 1. The first kappa shape index (κ1) is 12.8. The van der Waals surface area contributed by atoms with Crippen LogP contribution in [-0.2, 0) is 11.3 Å². The Balaban J connectivity index is 2.72. The third-order valence-electron chi connectivity index (χ3n) is 2.11. The van der Waals surface area contributed by atoms with Gasteiger partial charge in [-0.1, -0.05) is 11.6 Å². The lowest BCUT2D eigenvalue weighted by molar-refractivity contribution is -0.122. The van der Waals surface area contributed by atoms with E-state index in [4.69, 9.17) is 22.1 Å². The van der Waals surface area contributed by atoms with E-state index in [2.05, 4.69) is 5.32 Å². The van der Waals surface area contributed by atoms with Crippen molar-refractivity contribution in [2.75, 3.05) is 7.11 Å². The molecule has 16 heavy (non-hydrogen) atoms. The van der Waals surface area contributed by atoms with Gasteiger partial charge in [-0.05, 0) is 25.1 Å². The average molecular weight is 243 g/mol. The van der Waals surface area contributed by atoms with Gasteiger partial charge in [0.15, 0.2) is 0 Å². The Bertz CT molecular complexity index is 380. The molecule has 0 saturated heterocycles. The van der Waals surface area contributed by atoms with Crippen molar-refractivity contribution in [2.45, 2.75) is 19.5 Å². The summed E-state index contributed by atoms with van der Waals surface area (Å²) < 4.78 is 5.15. The predicted molar refractivity (Wildman–Crippen MR) is 63.5 cm³/mol. The van der Waals surface area contributed by atoms with Gasteiger partial charge in [0.1, 0.15) is 5.75 Å². The Morgan fingerprint density at radius 2 is 2.31 bits per heavy atom. The van der Waals surface area contributed by atoms with E-state index in [1.54, 1.807) is 32.2 Å². The van der Waals surface area contributed by atoms with Crippen LogP contribution in [0.2, 0.25) is 5.02 Å². The van der Waals surface area contributed by atoms with E-state index in [9.17, 15) is 4.79 Å². The lowest BCUT2D eigenvalue weighted by atomic mass is 10.2. The van der Waals surface area contributed by atoms with E-state index >= 15 is 0 Å². The normalized spacial score (nSPS) is 12.0. The summed E-state index contributed by atoms with van der Waals surface area (Å²) in [6, 6.07) is 4.72. The number of rotatable bonds is 4. The molecule has 1 unspecified atom stereocenters. The minimum Gasteiger partial charge on any atom is -0.496 e. The van der Waals surface area contributed by atoms with Crippen LogP contribution in [0.5, 0.6) is 5.75 Å². The van der Waals surface area contributed by atoms with Crippen molar-refractivity contribution in [2.24, 2.45) is 5.73 Å². The highest BCUT2D eigenvalue weighted by molar-refractivity contribution is 6.30. The summed E-state index contributed by atoms with van der Waals surface area (Å²) in [5.41, 5.74) is 6.25. The first-order valence-corrected chi connectivity index (χ1v) is 5.28. The van der Waals surface area contributed by atoms with E-state index < -0.39 is 6.04 Å². The summed E-state index contributed by atoms with van der Waals surface area (Å²) in [4.78, 5) is 11.3. The molecular formula is C11H15ClN2O2. The fraction of sp³-hybridized carbons (Fsp3) is 0.364. The van der Waals surface area contributed by atoms with E-state index in [0.29, 0.717) is 17.3 Å². The van der Waals surface area contributed by atoms with Gasteiger partial charge in [0.2, 0.25) is 5.91 Å². The molecule has 0 aliphatic heterocycles. The third kappa shape index (κ3) is 3.40. The largest absolute Gasteiger partial charge is 0.496 e. The standard InChI is InChI=1S/C11H15ClN2O2/c1-7(13)11(15)14-6-8-5-9(12)3-4-10(8)16-2/h3-5,7H,6,13H2,1-2H3,(H,14,15). The first-order chi connectivity index (χ1) is 7.54. The smallest absolute Gasteiger partial charge is 0.236 e. The number of halogens is 1. The Hall–Kier alpha value is -1.26. The molecule has 0 radical (unpaired) electrons. The average Bonchev–Trinajstić information content (AvgIpc) is 2.25. The second kappa shape index (κ2) is 5.72. The van der Waals surface area contributed by atoms with Gasteiger partial charge in [-0.25, -0.2) is 0 Å². The number of methoxy groups -OCH3 is 1. The lowest BCUT2D eigenvalue weighted by Gasteiger charge is -2.11. The fourth-order valence-corrected chi connectivity index (χ4v) is 1.42. The van der Waals surface area contributed by atoms with Crippen LogP contribution in [0.1, 0.15) is 12.5 Å². The van der Waals surface area contributed by atoms with Gasteiger partial charge in [0.05, 0.1) is 13.2 Å². The van der Waals surface area contributed by atoms with Crippen LogP contribution in [0.25, 0.3) is 0 Å². The minimum absolute atomic E-state index is 0.206. The van der Waals surface area contributed by atoms with E-state index in [1.165, 1.54) is 0 Å². The Morgan fingerprint density at radius 1 is 1.62 bits per heavy atom. The number of hydrogen-bond donors (Lipinski definition) is 2. The van der Waals surface area contributed by atoms with Gasteiger partial charge in [-0.3, -0.25) is 4.79 Å². The van der Waals surface area contributed by atoms with Crippen molar-refractivity contribution < 1.29 is 9.53 Å². The maximum absolute atomic E-state index is 11.3. The molecule has 1 aromatic carbocycles. The van der Waals surface area contributed by atoms with Gasteiger partial charge >= 0.3 is 0 Å². The van der Waals surface area contributed by atoms with Crippen LogP contribution in [0, 0.1) is 0 Å². The molecule has 0 aliphatic carbocycles. The van der Waals surface area contributed by atoms with Gasteiger partial charge < -0.3 is 15.8 Å². The van der Waals surface area contributed by atoms with Crippen molar-refractivity contribution >= 4 is 17.5 Å². The molecule has 0 aromatic heterocycles. The number of carbonyl (C=O) groups is 1. The van der Waals surface area contributed by atoms with Crippen LogP contribution < -0.4 is 15.8 Å². The zero-order valence-corrected chi connectivity index (χ0v) is 10.0. The zero-order chi connectivity index (χ0) is 12.1. The van der Waals surface area contributed by atoms with Crippen molar-refractivity contribution in [1.82, 2.24) is 5.32 Å². The molecule has 0 heterocycles. The summed E-state index contributed by atoms with van der Waals surface area (Å²) in [5, 5.41) is 3.30. The second-order valence-electron chi connectivity index (χ2n) is 3.46.